The first kappa shape index (κ1) is 27.5. The Kier molecular flexibility index (Phi) is 7.87. The number of rotatable bonds is 1. The summed E-state index contributed by atoms with van der Waals surface area (Å²) in [6.45, 7) is 3.01. The minimum atomic E-state index is -0.457. The Morgan fingerprint density at radius 2 is 1.81 bits per heavy atom. The maximum atomic E-state index is 13.6. The molecular weight excluding hydrogens is 552 g/mol. The van der Waals surface area contributed by atoms with E-state index >= 15 is 0 Å². The Morgan fingerprint density at radius 3 is 2.62 bits per heavy atom. The van der Waals surface area contributed by atoms with Crippen LogP contribution in [0.3, 0.4) is 0 Å². The Hall–Kier alpha value is -4.70. The van der Waals surface area contributed by atoms with Crippen LogP contribution >= 0.6 is 11.3 Å². The SMILES string of the molecule is Cc1ccc(C(=O)N2CC[C@@H]3Oc4ccc(cc4)CNC(=O)COc4cccc(c4)-c4cncc(c4)C(=O)N[C@@H]3C2)s1. The van der Waals surface area contributed by atoms with Crippen LogP contribution in [-0.2, 0) is 11.3 Å². The minimum Gasteiger partial charge on any atom is -0.488 e. The van der Waals surface area contributed by atoms with Crippen molar-refractivity contribution in [3.63, 3.8) is 0 Å². The van der Waals surface area contributed by atoms with Crippen molar-refractivity contribution in [1.29, 1.82) is 0 Å². The quantitative estimate of drug-likeness (QED) is 0.348. The van der Waals surface area contributed by atoms with Crippen molar-refractivity contribution in [2.24, 2.45) is 0 Å². The van der Waals surface area contributed by atoms with E-state index in [4.69, 9.17) is 9.47 Å². The summed E-state index contributed by atoms with van der Waals surface area (Å²) >= 11 is 1.46. The summed E-state index contributed by atoms with van der Waals surface area (Å²) in [6, 6.07) is 19.9. The van der Waals surface area contributed by atoms with Gasteiger partial charge in [0, 0.05) is 48.9 Å². The van der Waals surface area contributed by atoms with Crippen molar-refractivity contribution >= 4 is 29.1 Å². The van der Waals surface area contributed by atoms with Gasteiger partial charge in [0.15, 0.2) is 6.61 Å². The highest BCUT2D eigenvalue weighted by atomic mass is 32.1. The van der Waals surface area contributed by atoms with Gasteiger partial charge in [-0.3, -0.25) is 19.4 Å². The molecule has 7 rings (SSSR count). The van der Waals surface area contributed by atoms with E-state index in [0.29, 0.717) is 48.0 Å². The smallest absolute Gasteiger partial charge is 0.264 e. The molecule has 10 heteroatoms. The molecule has 0 radical (unpaired) electrons. The number of hydrogen-bond acceptors (Lipinski definition) is 7. The Balaban J connectivity index is 1.31. The molecule has 2 aromatic heterocycles. The van der Waals surface area contributed by atoms with Gasteiger partial charge < -0.3 is 25.0 Å². The van der Waals surface area contributed by atoms with Gasteiger partial charge in [0.2, 0.25) is 0 Å². The second-order valence-corrected chi connectivity index (χ2v) is 11.7. The van der Waals surface area contributed by atoms with Gasteiger partial charge >= 0.3 is 0 Å². The van der Waals surface area contributed by atoms with Crippen molar-refractivity contribution < 1.29 is 23.9 Å². The van der Waals surface area contributed by atoms with E-state index in [1.165, 1.54) is 17.5 Å². The van der Waals surface area contributed by atoms with Gasteiger partial charge in [-0.25, -0.2) is 0 Å². The second-order valence-electron chi connectivity index (χ2n) is 10.4. The van der Waals surface area contributed by atoms with Crippen LogP contribution in [0.1, 0.15) is 36.9 Å². The van der Waals surface area contributed by atoms with E-state index in [0.717, 1.165) is 21.6 Å². The third-order valence-electron chi connectivity index (χ3n) is 7.34. The van der Waals surface area contributed by atoms with Gasteiger partial charge in [-0.1, -0.05) is 24.3 Å². The van der Waals surface area contributed by atoms with Crippen LogP contribution in [0.25, 0.3) is 11.1 Å². The fourth-order valence-electron chi connectivity index (χ4n) is 5.10. The number of pyridine rings is 1. The number of likely N-dealkylation sites (tertiary alicyclic amines) is 1. The minimum absolute atomic E-state index is 0.0515. The topological polar surface area (TPSA) is 110 Å². The largest absolute Gasteiger partial charge is 0.488 e. The third-order valence-corrected chi connectivity index (χ3v) is 8.33. The molecule has 0 spiro atoms. The number of aromatic nitrogens is 1. The number of aryl methyl sites for hydroxylation is 1. The monoisotopic (exact) mass is 582 g/mol. The van der Waals surface area contributed by atoms with Crippen LogP contribution in [0, 0.1) is 6.92 Å². The Morgan fingerprint density at radius 1 is 0.976 bits per heavy atom. The van der Waals surface area contributed by atoms with E-state index in [2.05, 4.69) is 15.6 Å². The fraction of sp³-hybridized carbons (Fsp3) is 0.250. The van der Waals surface area contributed by atoms with Crippen LogP contribution in [-0.4, -0.2) is 59.4 Å². The molecule has 9 nitrogen and oxygen atoms in total. The van der Waals surface area contributed by atoms with Gasteiger partial charge in [-0.2, -0.15) is 0 Å². The molecule has 2 aromatic carbocycles. The van der Waals surface area contributed by atoms with Crippen LogP contribution in [0.5, 0.6) is 11.5 Å². The number of carbonyl (C=O) groups excluding carboxylic acids is 3. The molecule has 2 N–H and O–H groups in total. The molecule has 6 bridgehead atoms. The lowest BCUT2D eigenvalue weighted by atomic mass is 10.00. The maximum absolute atomic E-state index is 13.6. The van der Waals surface area contributed by atoms with Gasteiger partial charge in [0.1, 0.15) is 17.6 Å². The number of thiophene rings is 1. The van der Waals surface area contributed by atoms with Gasteiger partial charge in [0.05, 0.1) is 16.5 Å². The molecule has 4 aromatic rings. The van der Waals surface area contributed by atoms with E-state index in [1.54, 1.807) is 23.2 Å². The lowest BCUT2D eigenvalue weighted by molar-refractivity contribution is -0.123. The first-order chi connectivity index (χ1) is 20.4. The van der Waals surface area contributed by atoms with E-state index in [-0.39, 0.29) is 30.4 Å². The van der Waals surface area contributed by atoms with Crippen LogP contribution in [0.15, 0.2) is 79.1 Å². The predicted octanol–water partition coefficient (Wildman–Crippen LogP) is 4.22. The zero-order valence-corrected chi connectivity index (χ0v) is 23.9. The van der Waals surface area contributed by atoms with E-state index in [9.17, 15) is 14.4 Å². The molecule has 0 aliphatic carbocycles. The lowest BCUT2D eigenvalue weighted by Crippen LogP contribution is -2.58. The molecule has 2 atom stereocenters. The summed E-state index contributed by atoms with van der Waals surface area (Å²) in [5.74, 6) is 0.576. The first-order valence-corrected chi connectivity index (χ1v) is 14.6. The number of fused-ring (bicyclic) bond motifs is 7. The average molecular weight is 583 g/mol. The summed E-state index contributed by atoms with van der Waals surface area (Å²) in [5, 5.41) is 6.00. The highest BCUT2D eigenvalue weighted by Crippen LogP contribution is 2.26. The van der Waals surface area contributed by atoms with Crippen LogP contribution in [0.4, 0.5) is 0 Å². The number of nitrogens with one attached hydrogen (secondary N) is 2. The molecule has 3 amide bonds. The van der Waals surface area contributed by atoms with Crippen molar-refractivity contribution in [3.8, 4) is 22.6 Å². The number of ether oxygens (including phenoxy) is 2. The summed E-state index contributed by atoms with van der Waals surface area (Å²) in [6.07, 6.45) is 3.38. The highest BCUT2D eigenvalue weighted by Gasteiger charge is 2.35. The Labute approximate surface area is 247 Å². The predicted molar refractivity (Wildman–Crippen MR) is 159 cm³/mol. The number of hydrogen-bond donors (Lipinski definition) is 2. The van der Waals surface area contributed by atoms with Crippen molar-refractivity contribution in [2.75, 3.05) is 19.7 Å². The standard InChI is InChI=1S/C32H30N4O5S/c1-20-5-10-29(42-20)32(39)36-12-11-28-27(18-36)35-31(38)24-13-23(16-33-17-24)22-3-2-4-26(14-22)40-19-30(37)34-15-21-6-8-25(41-28)9-7-21/h2-10,13-14,16-17,27-28H,11-12,15,18-19H2,1H3,(H,34,37)(H,35,38)/t27-,28+/m1/s1. The van der Waals surface area contributed by atoms with Crippen molar-refractivity contribution in [1.82, 2.24) is 20.5 Å². The summed E-state index contributed by atoms with van der Waals surface area (Å²) in [4.78, 5) is 47.1. The van der Waals surface area contributed by atoms with Crippen LogP contribution < -0.4 is 20.1 Å². The zero-order valence-electron chi connectivity index (χ0n) is 23.0. The number of carbonyl (C=O) groups is 3. The Bertz CT molecular complexity index is 1620. The molecule has 1 fully saturated rings. The molecule has 5 heterocycles. The van der Waals surface area contributed by atoms with Crippen molar-refractivity contribution in [2.45, 2.75) is 32.0 Å². The van der Waals surface area contributed by atoms with Crippen molar-refractivity contribution in [3.05, 3.63) is 100 Å². The number of piperidine rings is 1. The molecule has 3 aliphatic heterocycles. The van der Waals surface area contributed by atoms with E-state index in [1.807, 2.05) is 61.5 Å². The fourth-order valence-corrected chi connectivity index (χ4v) is 5.94. The van der Waals surface area contributed by atoms with Crippen LogP contribution in [0.2, 0.25) is 0 Å². The number of nitrogens with zero attached hydrogens (tertiary/aromatic N) is 2. The number of benzene rings is 2. The lowest BCUT2D eigenvalue weighted by Gasteiger charge is -2.38. The van der Waals surface area contributed by atoms with Gasteiger partial charge in [-0.15, -0.1) is 11.3 Å². The zero-order chi connectivity index (χ0) is 29.1. The molecule has 1 saturated heterocycles. The summed E-state index contributed by atoms with van der Waals surface area (Å²) in [5.41, 5.74) is 2.82. The summed E-state index contributed by atoms with van der Waals surface area (Å²) < 4.78 is 12.1. The third kappa shape index (κ3) is 6.28. The molecule has 0 unspecified atom stereocenters. The number of amides is 3. The second kappa shape index (κ2) is 12.0. The molecule has 214 valence electrons. The molecule has 0 saturated carbocycles. The molecule has 3 aliphatic rings. The van der Waals surface area contributed by atoms with E-state index < -0.39 is 6.04 Å². The molecular formula is C32H30N4O5S. The molecule has 42 heavy (non-hydrogen) atoms. The normalized spacial score (nSPS) is 19.0. The average Bonchev–Trinajstić information content (AvgIpc) is 3.46. The maximum Gasteiger partial charge on any atom is 0.264 e. The summed E-state index contributed by atoms with van der Waals surface area (Å²) in [7, 11) is 0. The van der Waals surface area contributed by atoms with Gasteiger partial charge in [0.25, 0.3) is 17.7 Å². The van der Waals surface area contributed by atoms with Gasteiger partial charge in [-0.05, 0) is 60.5 Å². The first-order valence-electron chi connectivity index (χ1n) is 13.8. The highest BCUT2D eigenvalue weighted by molar-refractivity contribution is 7.13.